The minimum atomic E-state index is -1.30. The van der Waals surface area contributed by atoms with E-state index in [1.54, 1.807) is 19.1 Å². The SMILES string of the molecule is CCNC(=O)CS(=O)Cc1ccc(C#N)cc1Cl. The van der Waals surface area contributed by atoms with Gasteiger partial charge in [0.25, 0.3) is 0 Å². The highest BCUT2D eigenvalue weighted by atomic mass is 35.5. The summed E-state index contributed by atoms with van der Waals surface area (Å²) in [6.45, 7) is 2.33. The van der Waals surface area contributed by atoms with Gasteiger partial charge in [0.2, 0.25) is 5.91 Å². The second-order valence-corrected chi connectivity index (χ2v) is 5.46. The molecule has 0 bridgehead atoms. The molecule has 1 unspecified atom stereocenters. The number of hydrogen-bond donors (Lipinski definition) is 1. The van der Waals surface area contributed by atoms with E-state index in [0.29, 0.717) is 22.7 Å². The molecule has 1 amide bonds. The van der Waals surface area contributed by atoms with Gasteiger partial charge in [-0.1, -0.05) is 17.7 Å². The first-order valence-electron chi connectivity index (χ1n) is 5.37. The molecule has 0 saturated carbocycles. The van der Waals surface area contributed by atoms with E-state index in [1.807, 2.05) is 6.07 Å². The van der Waals surface area contributed by atoms with Crippen LogP contribution in [0.2, 0.25) is 5.02 Å². The van der Waals surface area contributed by atoms with Gasteiger partial charge < -0.3 is 5.32 Å². The third-order valence-electron chi connectivity index (χ3n) is 2.16. The van der Waals surface area contributed by atoms with Crippen molar-refractivity contribution >= 4 is 28.3 Å². The summed E-state index contributed by atoms with van der Waals surface area (Å²) in [6.07, 6.45) is 0. The van der Waals surface area contributed by atoms with E-state index < -0.39 is 10.8 Å². The van der Waals surface area contributed by atoms with Crippen LogP contribution in [0.4, 0.5) is 0 Å². The molecule has 18 heavy (non-hydrogen) atoms. The average molecular weight is 285 g/mol. The third kappa shape index (κ3) is 4.47. The van der Waals surface area contributed by atoms with E-state index in [-0.39, 0.29) is 17.4 Å². The number of amides is 1. The van der Waals surface area contributed by atoms with Crippen LogP contribution in [0.3, 0.4) is 0 Å². The van der Waals surface area contributed by atoms with Crippen LogP contribution in [0.15, 0.2) is 18.2 Å². The summed E-state index contributed by atoms with van der Waals surface area (Å²) >= 11 is 5.96. The Morgan fingerprint density at radius 3 is 2.83 bits per heavy atom. The number of nitriles is 1. The molecule has 1 aromatic carbocycles. The second kappa shape index (κ2) is 7.14. The Kier molecular flexibility index (Phi) is 5.83. The van der Waals surface area contributed by atoms with Crippen molar-refractivity contribution in [1.82, 2.24) is 5.32 Å². The Balaban J connectivity index is 2.65. The molecule has 4 nitrogen and oxygen atoms in total. The number of nitrogens with one attached hydrogen (secondary N) is 1. The van der Waals surface area contributed by atoms with Crippen molar-refractivity contribution in [3.63, 3.8) is 0 Å². The summed E-state index contributed by atoms with van der Waals surface area (Å²) in [5.41, 5.74) is 1.14. The van der Waals surface area contributed by atoms with Crippen LogP contribution in [0.25, 0.3) is 0 Å². The van der Waals surface area contributed by atoms with Crippen molar-refractivity contribution in [2.45, 2.75) is 12.7 Å². The molecule has 0 spiro atoms. The molecule has 0 heterocycles. The van der Waals surface area contributed by atoms with Crippen molar-refractivity contribution < 1.29 is 9.00 Å². The van der Waals surface area contributed by atoms with Crippen LogP contribution < -0.4 is 5.32 Å². The fraction of sp³-hybridized carbons (Fsp3) is 0.333. The third-order valence-corrected chi connectivity index (χ3v) is 3.73. The minimum Gasteiger partial charge on any atom is -0.356 e. The first kappa shape index (κ1) is 14.7. The van der Waals surface area contributed by atoms with Gasteiger partial charge in [0, 0.05) is 22.4 Å². The normalized spacial score (nSPS) is 11.6. The Labute approximate surface area is 113 Å². The molecule has 1 aromatic rings. The molecule has 0 fully saturated rings. The summed E-state index contributed by atoms with van der Waals surface area (Å²) in [4.78, 5) is 11.2. The highest BCUT2D eigenvalue weighted by Gasteiger charge is 2.10. The number of rotatable bonds is 5. The van der Waals surface area contributed by atoms with E-state index in [9.17, 15) is 9.00 Å². The molecular formula is C12H13ClN2O2S. The van der Waals surface area contributed by atoms with Crippen LogP contribution in [0.1, 0.15) is 18.1 Å². The summed E-state index contributed by atoms with van der Waals surface area (Å²) in [5, 5.41) is 11.7. The standard InChI is InChI=1S/C12H13ClN2O2S/c1-2-15-12(16)8-18(17)7-10-4-3-9(6-14)5-11(10)13/h3-5H,2,7-8H2,1H3,(H,15,16). The van der Waals surface area contributed by atoms with Gasteiger partial charge in [-0.2, -0.15) is 5.26 Å². The highest BCUT2D eigenvalue weighted by molar-refractivity contribution is 7.84. The van der Waals surface area contributed by atoms with E-state index >= 15 is 0 Å². The quantitative estimate of drug-likeness (QED) is 0.893. The molecular weight excluding hydrogens is 272 g/mol. The van der Waals surface area contributed by atoms with Gasteiger partial charge in [0.15, 0.2) is 0 Å². The number of carbonyl (C=O) groups is 1. The van der Waals surface area contributed by atoms with Gasteiger partial charge >= 0.3 is 0 Å². The van der Waals surface area contributed by atoms with Gasteiger partial charge in [-0.3, -0.25) is 9.00 Å². The van der Waals surface area contributed by atoms with Crippen LogP contribution in [-0.4, -0.2) is 22.4 Å². The fourth-order valence-corrected chi connectivity index (χ4v) is 2.77. The summed E-state index contributed by atoms with van der Waals surface area (Å²) in [6, 6.07) is 6.78. The topological polar surface area (TPSA) is 70.0 Å². The number of benzene rings is 1. The van der Waals surface area contributed by atoms with Crippen LogP contribution >= 0.6 is 11.6 Å². The zero-order chi connectivity index (χ0) is 13.5. The lowest BCUT2D eigenvalue weighted by Gasteiger charge is -2.05. The average Bonchev–Trinajstić information content (AvgIpc) is 2.31. The van der Waals surface area contributed by atoms with Crippen molar-refractivity contribution in [2.24, 2.45) is 0 Å². The molecule has 6 heteroatoms. The number of halogens is 1. The lowest BCUT2D eigenvalue weighted by molar-refractivity contribution is -0.118. The summed E-state index contributed by atoms with van der Waals surface area (Å²) < 4.78 is 11.7. The van der Waals surface area contributed by atoms with Gasteiger partial charge in [-0.15, -0.1) is 0 Å². The lowest BCUT2D eigenvalue weighted by atomic mass is 10.2. The van der Waals surface area contributed by atoms with Crippen molar-refractivity contribution in [1.29, 1.82) is 5.26 Å². The van der Waals surface area contributed by atoms with Crippen LogP contribution in [0.5, 0.6) is 0 Å². The Bertz CT molecular complexity index is 511. The van der Waals surface area contributed by atoms with E-state index in [4.69, 9.17) is 16.9 Å². The number of hydrogen-bond acceptors (Lipinski definition) is 3. The Morgan fingerprint density at radius 2 is 2.28 bits per heavy atom. The van der Waals surface area contributed by atoms with Crippen molar-refractivity contribution in [3.05, 3.63) is 34.3 Å². The smallest absolute Gasteiger partial charge is 0.232 e. The predicted molar refractivity (Wildman–Crippen MR) is 71.6 cm³/mol. The summed E-state index contributed by atoms with van der Waals surface area (Å²) in [7, 11) is -1.30. The van der Waals surface area contributed by atoms with Crippen LogP contribution in [0, 0.1) is 11.3 Å². The number of carbonyl (C=O) groups excluding carboxylic acids is 1. The maximum atomic E-state index is 11.7. The van der Waals surface area contributed by atoms with E-state index in [0.717, 1.165) is 0 Å². The molecule has 0 saturated heterocycles. The van der Waals surface area contributed by atoms with Gasteiger partial charge in [0.05, 0.1) is 17.4 Å². The fourth-order valence-electron chi connectivity index (χ4n) is 1.35. The van der Waals surface area contributed by atoms with Gasteiger partial charge in [0.1, 0.15) is 5.75 Å². The minimum absolute atomic E-state index is 0.0375. The van der Waals surface area contributed by atoms with E-state index in [2.05, 4.69) is 5.32 Å². The maximum Gasteiger partial charge on any atom is 0.232 e. The predicted octanol–water partition coefficient (Wildman–Crippen LogP) is 1.60. The largest absolute Gasteiger partial charge is 0.356 e. The number of nitrogens with zero attached hydrogens (tertiary/aromatic N) is 1. The first-order valence-corrected chi connectivity index (χ1v) is 7.23. The summed E-state index contributed by atoms with van der Waals surface area (Å²) in [5.74, 6) is -0.0631. The van der Waals surface area contributed by atoms with Gasteiger partial charge in [-0.05, 0) is 24.6 Å². The monoisotopic (exact) mass is 284 g/mol. The molecule has 96 valence electrons. The zero-order valence-electron chi connectivity index (χ0n) is 9.90. The van der Waals surface area contributed by atoms with E-state index in [1.165, 1.54) is 6.07 Å². The van der Waals surface area contributed by atoms with Crippen LogP contribution in [-0.2, 0) is 21.3 Å². The lowest BCUT2D eigenvalue weighted by Crippen LogP contribution is -2.28. The molecule has 0 radical (unpaired) electrons. The van der Waals surface area contributed by atoms with Crippen molar-refractivity contribution in [2.75, 3.05) is 12.3 Å². The first-order chi connectivity index (χ1) is 8.56. The van der Waals surface area contributed by atoms with Crippen molar-refractivity contribution in [3.8, 4) is 6.07 Å². The Hall–Kier alpha value is -1.38. The maximum absolute atomic E-state index is 11.7. The highest BCUT2D eigenvalue weighted by Crippen LogP contribution is 2.19. The molecule has 0 aromatic heterocycles. The zero-order valence-corrected chi connectivity index (χ0v) is 11.5. The molecule has 0 aliphatic rings. The second-order valence-electron chi connectivity index (χ2n) is 3.60. The molecule has 1 N–H and O–H groups in total. The van der Waals surface area contributed by atoms with Gasteiger partial charge in [-0.25, -0.2) is 0 Å². The molecule has 0 aliphatic heterocycles. The Morgan fingerprint density at radius 1 is 1.56 bits per heavy atom. The molecule has 0 aliphatic carbocycles. The molecule has 1 atom stereocenters. The molecule has 1 rings (SSSR count).